The summed E-state index contributed by atoms with van der Waals surface area (Å²) in [6, 6.07) is 7.51. The zero-order valence-corrected chi connectivity index (χ0v) is 18.0. The number of thioether (sulfide) groups is 1. The molecule has 1 heterocycles. The van der Waals surface area contributed by atoms with Gasteiger partial charge in [-0.3, -0.25) is 10.1 Å². The van der Waals surface area contributed by atoms with Crippen molar-refractivity contribution in [1.82, 2.24) is 15.1 Å². The van der Waals surface area contributed by atoms with Gasteiger partial charge in [-0.05, 0) is 31.2 Å². The van der Waals surface area contributed by atoms with Crippen molar-refractivity contribution in [2.45, 2.75) is 11.3 Å². The molecule has 0 unspecified atom stereocenters. The fourth-order valence-corrected chi connectivity index (χ4v) is 3.71. The Morgan fingerprint density at radius 3 is 2.74 bits per heavy atom. The third-order valence-corrected chi connectivity index (χ3v) is 5.63. The Balaban J connectivity index is 1.69. The van der Waals surface area contributed by atoms with Crippen molar-refractivity contribution in [2.24, 2.45) is 0 Å². The maximum atomic E-state index is 12.2. The van der Waals surface area contributed by atoms with Gasteiger partial charge in [-0.25, -0.2) is 4.79 Å². The first-order valence-electron chi connectivity index (χ1n) is 8.00. The topological polar surface area (TPSA) is 93.7 Å². The van der Waals surface area contributed by atoms with Gasteiger partial charge < -0.3 is 14.4 Å². The number of nitrogens with zero attached hydrogens (tertiary/aromatic N) is 3. The van der Waals surface area contributed by atoms with Gasteiger partial charge in [-0.15, -0.1) is 10.2 Å². The molecule has 0 aliphatic carbocycles. The third kappa shape index (κ3) is 7.73. The zero-order chi connectivity index (χ0) is 19.6. The minimum Gasteiger partial charge on any atom is -0.492 e. The lowest BCUT2D eigenvalue weighted by Gasteiger charge is -2.17. The van der Waals surface area contributed by atoms with Crippen LogP contribution in [0, 0.1) is 0 Å². The Morgan fingerprint density at radius 2 is 2.04 bits per heavy atom. The van der Waals surface area contributed by atoms with Crippen molar-refractivity contribution < 1.29 is 19.1 Å². The summed E-state index contributed by atoms with van der Waals surface area (Å²) in [6.45, 7) is 2.87. The number of nitrogens with one attached hydrogen (secondary N) is 1. The summed E-state index contributed by atoms with van der Waals surface area (Å²) in [5.41, 5.74) is 0. The maximum Gasteiger partial charge on any atom is 0.413 e. The number of ether oxygens (including phenoxy) is 2. The fraction of sp³-hybridized carbons (Fsp3) is 0.375. The standard InChI is InChI=1S/C16H19BrN4O4S2/c1-3-24-15(23)18-14-19-20-16(27-14)26-10-13(22)21(2)8-9-25-12-6-4-11(17)5-7-12/h4-7H,3,8-10H2,1-2H3,(H,18,19,23). The number of anilines is 1. The van der Waals surface area contributed by atoms with Crippen LogP contribution >= 0.6 is 39.0 Å². The lowest BCUT2D eigenvalue weighted by atomic mass is 10.3. The molecule has 0 aliphatic heterocycles. The van der Waals surface area contributed by atoms with Gasteiger partial charge in [-0.1, -0.05) is 39.0 Å². The number of carbonyl (C=O) groups is 2. The molecular weight excluding hydrogens is 456 g/mol. The maximum absolute atomic E-state index is 12.2. The van der Waals surface area contributed by atoms with Crippen LogP contribution in [0.25, 0.3) is 0 Å². The third-order valence-electron chi connectivity index (χ3n) is 3.14. The van der Waals surface area contributed by atoms with E-state index in [0.717, 1.165) is 10.2 Å². The second kappa shape index (κ2) is 11.1. The van der Waals surface area contributed by atoms with E-state index in [2.05, 4.69) is 31.4 Å². The summed E-state index contributed by atoms with van der Waals surface area (Å²) in [7, 11) is 1.72. The highest BCUT2D eigenvalue weighted by Gasteiger charge is 2.13. The van der Waals surface area contributed by atoms with E-state index in [4.69, 9.17) is 9.47 Å². The summed E-state index contributed by atoms with van der Waals surface area (Å²) in [4.78, 5) is 25.1. The summed E-state index contributed by atoms with van der Waals surface area (Å²) >= 11 is 5.82. The molecule has 1 aromatic carbocycles. The molecule has 0 fully saturated rings. The Kier molecular flexibility index (Phi) is 8.82. The molecule has 2 amide bonds. The van der Waals surface area contributed by atoms with E-state index in [9.17, 15) is 9.59 Å². The molecule has 11 heteroatoms. The number of halogens is 1. The first-order valence-corrected chi connectivity index (χ1v) is 10.6. The molecule has 0 spiro atoms. The summed E-state index contributed by atoms with van der Waals surface area (Å²) < 4.78 is 12.0. The van der Waals surface area contributed by atoms with Gasteiger partial charge >= 0.3 is 6.09 Å². The van der Waals surface area contributed by atoms with Crippen LogP contribution in [0.2, 0.25) is 0 Å². The highest BCUT2D eigenvalue weighted by molar-refractivity contribution is 9.10. The summed E-state index contributed by atoms with van der Waals surface area (Å²) in [5, 5.41) is 10.6. The van der Waals surface area contributed by atoms with E-state index < -0.39 is 6.09 Å². The fourth-order valence-electron chi connectivity index (χ4n) is 1.76. The van der Waals surface area contributed by atoms with Crippen LogP contribution < -0.4 is 10.1 Å². The molecule has 1 N–H and O–H groups in total. The first kappa shape index (κ1) is 21.5. The van der Waals surface area contributed by atoms with Crippen LogP contribution in [0.4, 0.5) is 9.93 Å². The molecule has 0 saturated heterocycles. The molecule has 146 valence electrons. The molecule has 8 nitrogen and oxygen atoms in total. The minimum absolute atomic E-state index is 0.0468. The number of rotatable bonds is 9. The number of benzene rings is 1. The van der Waals surface area contributed by atoms with Crippen molar-refractivity contribution in [3.05, 3.63) is 28.7 Å². The first-order chi connectivity index (χ1) is 13.0. The molecule has 2 aromatic rings. The monoisotopic (exact) mass is 474 g/mol. The minimum atomic E-state index is -0.577. The van der Waals surface area contributed by atoms with Crippen molar-refractivity contribution in [1.29, 1.82) is 0 Å². The van der Waals surface area contributed by atoms with Gasteiger partial charge in [0.2, 0.25) is 11.0 Å². The normalized spacial score (nSPS) is 10.3. The molecule has 27 heavy (non-hydrogen) atoms. The van der Waals surface area contributed by atoms with E-state index >= 15 is 0 Å². The number of amides is 2. The largest absolute Gasteiger partial charge is 0.492 e. The number of likely N-dealkylation sites (N-methyl/N-ethyl adjacent to an activating group) is 1. The van der Waals surface area contributed by atoms with Crippen molar-refractivity contribution in [3.8, 4) is 5.75 Å². The average molecular weight is 475 g/mol. The van der Waals surface area contributed by atoms with Gasteiger partial charge in [0, 0.05) is 11.5 Å². The van der Waals surface area contributed by atoms with Crippen LogP contribution in [0.3, 0.4) is 0 Å². The van der Waals surface area contributed by atoms with E-state index in [1.807, 2.05) is 24.3 Å². The van der Waals surface area contributed by atoms with Crippen LogP contribution in [-0.2, 0) is 9.53 Å². The van der Waals surface area contributed by atoms with Crippen LogP contribution in [0.1, 0.15) is 6.92 Å². The zero-order valence-electron chi connectivity index (χ0n) is 14.8. The average Bonchev–Trinajstić information content (AvgIpc) is 3.08. The summed E-state index contributed by atoms with van der Waals surface area (Å²) in [6.07, 6.45) is -0.577. The molecule has 0 saturated carbocycles. The lowest BCUT2D eigenvalue weighted by molar-refractivity contribution is -0.127. The predicted octanol–water partition coefficient (Wildman–Crippen LogP) is 3.50. The number of hydrogen-bond donors (Lipinski definition) is 1. The SMILES string of the molecule is CCOC(=O)Nc1nnc(SCC(=O)N(C)CCOc2ccc(Br)cc2)s1. The number of carbonyl (C=O) groups excluding carboxylic acids is 2. The van der Waals surface area contributed by atoms with Gasteiger partial charge in [0.15, 0.2) is 4.34 Å². The van der Waals surface area contributed by atoms with Gasteiger partial charge in [0.1, 0.15) is 12.4 Å². The Labute approximate surface area is 173 Å². The summed E-state index contributed by atoms with van der Waals surface area (Å²) in [5.74, 6) is 0.932. The van der Waals surface area contributed by atoms with E-state index in [-0.39, 0.29) is 18.3 Å². The van der Waals surface area contributed by atoms with Crippen molar-refractivity contribution in [2.75, 3.05) is 37.9 Å². The quantitative estimate of drug-likeness (QED) is 0.438. The van der Waals surface area contributed by atoms with E-state index in [0.29, 0.717) is 22.6 Å². The smallest absolute Gasteiger partial charge is 0.413 e. The molecule has 0 radical (unpaired) electrons. The Bertz CT molecular complexity index is 757. The Hall–Kier alpha value is -1.85. The van der Waals surface area contributed by atoms with E-state index in [1.165, 1.54) is 23.1 Å². The van der Waals surface area contributed by atoms with Crippen molar-refractivity contribution in [3.63, 3.8) is 0 Å². The van der Waals surface area contributed by atoms with Gasteiger partial charge in [0.05, 0.1) is 18.9 Å². The number of hydrogen-bond acceptors (Lipinski definition) is 8. The lowest BCUT2D eigenvalue weighted by Crippen LogP contribution is -2.32. The molecule has 2 rings (SSSR count). The predicted molar refractivity (Wildman–Crippen MR) is 109 cm³/mol. The molecule has 1 aromatic heterocycles. The van der Waals surface area contributed by atoms with Crippen molar-refractivity contribution >= 4 is 56.2 Å². The molecule has 0 atom stereocenters. The Morgan fingerprint density at radius 1 is 1.30 bits per heavy atom. The second-order valence-corrected chi connectivity index (χ2v) is 8.24. The van der Waals surface area contributed by atoms with Crippen LogP contribution in [0.5, 0.6) is 5.75 Å². The van der Waals surface area contributed by atoms with Gasteiger partial charge in [-0.2, -0.15) is 0 Å². The van der Waals surface area contributed by atoms with Crippen LogP contribution in [0.15, 0.2) is 33.1 Å². The second-order valence-electron chi connectivity index (χ2n) is 5.12. The van der Waals surface area contributed by atoms with Gasteiger partial charge in [0.25, 0.3) is 0 Å². The molecule has 0 aliphatic rings. The highest BCUT2D eigenvalue weighted by atomic mass is 79.9. The molecular formula is C16H19BrN4O4S2. The van der Waals surface area contributed by atoms with E-state index in [1.54, 1.807) is 18.9 Å². The number of aromatic nitrogens is 2. The highest BCUT2D eigenvalue weighted by Crippen LogP contribution is 2.25. The van der Waals surface area contributed by atoms with Crippen LogP contribution in [-0.4, -0.2) is 59.7 Å². The molecule has 0 bridgehead atoms.